The molecule has 1 aromatic carbocycles. The molecule has 5 nitrogen and oxygen atoms in total. The molecule has 2 fully saturated rings. The molecule has 2 aliphatic rings. The average Bonchev–Trinajstić information content (AvgIpc) is 3.17. The Balaban J connectivity index is 1.63. The standard InChI is InChI=1S/C23H31FN4O/c1-5-12-26-15-19(16(2)25-26)22(29)27-13-6-7-20-21(27)14-23(3,4)28(20)18-10-8-17(24)9-11-18/h8-11,15,20-21H,5-7,12-14H2,1-4H3/t20-,21-/m0/s1. The fourth-order valence-corrected chi connectivity index (χ4v) is 5.26. The van der Waals surface area contributed by atoms with Crippen molar-refractivity contribution >= 4 is 11.6 Å². The highest BCUT2D eigenvalue weighted by molar-refractivity contribution is 5.95. The number of piperidine rings is 1. The van der Waals surface area contributed by atoms with E-state index in [0.29, 0.717) is 0 Å². The molecule has 2 atom stereocenters. The first-order valence-electron chi connectivity index (χ1n) is 10.7. The SMILES string of the molecule is CCCn1cc(C(=O)N2CCC[C@H]3[C@@H]2CC(C)(C)N3c2ccc(F)cc2)c(C)n1. The summed E-state index contributed by atoms with van der Waals surface area (Å²) in [5.74, 6) is -0.126. The van der Waals surface area contributed by atoms with E-state index in [-0.39, 0.29) is 29.3 Å². The number of carbonyl (C=O) groups is 1. The highest BCUT2D eigenvalue weighted by Crippen LogP contribution is 2.44. The van der Waals surface area contributed by atoms with Crippen LogP contribution in [0.4, 0.5) is 10.1 Å². The second-order valence-corrected chi connectivity index (χ2v) is 9.03. The lowest BCUT2D eigenvalue weighted by molar-refractivity contribution is 0.0604. The molecule has 0 unspecified atom stereocenters. The highest BCUT2D eigenvalue weighted by atomic mass is 19.1. The van der Waals surface area contributed by atoms with E-state index in [9.17, 15) is 9.18 Å². The van der Waals surface area contributed by atoms with Crippen molar-refractivity contribution in [3.05, 3.63) is 47.5 Å². The van der Waals surface area contributed by atoms with Crippen molar-refractivity contribution in [3.63, 3.8) is 0 Å². The molecule has 0 radical (unpaired) electrons. The van der Waals surface area contributed by atoms with E-state index in [1.54, 1.807) is 0 Å². The molecule has 0 spiro atoms. The molecule has 0 bridgehead atoms. The van der Waals surface area contributed by atoms with Crippen molar-refractivity contribution in [1.82, 2.24) is 14.7 Å². The number of halogens is 1. The van der Waals surface area contributed by atoms with Crippen LogP contribution < -0.4 is 4.90 Å². The minimum atomic E-state index is -0.220. The summed E-state index contributed by atoms with van der Waals surface area (Å²) in [6.07, 6.45) is 5.82. The van der Waals surface area contributed by atoms with Gasteiger partial charge in [0.2, 0.25) is 0 Å². The first-order valence-corrected chi connectivity index (χ1v) is 10.7. The van der Waals surface area contributed by atoms with Gasteiger partial charge in [-0.25, -0.2) is 4.39 Å². The molecule has 2 saturated heterocycles. The van der Waals surface area contributed by atoms with Crippen molar-refractivity contribution in [1.29, 1.82) is 0 Å². The second kappa shape index (κ2) is 7.47. The van der Waals surface area contributed by atoms with Gasteiger partial charge in [-0.05, 0) is 70.7 Å². The third-order valence-electron chi connectivity index (χ3n) is 6.43. The van der Waals surface area contributed by atoms with Crippen LogP contribution in [0.1, 0.15) is 62.5 Å². The third kappa shape index (κ3) is 3.53. The molecule has 1 amide bonds. The molecule has 0 aliphatic carbocycles. The van der Waals surface area contributed by atoms with Crippen molar-refractivity contribution in [3.8, 4) is 0 Å². The van der Waals surface area contributed by atoms with Gasteiger partial charge in [0.15, 0.2) is 0 Å². The van der Waals surface area contributed by atoms with Gasteiger partial charge in [0.1, 0.15) is 5.82 Å². The van der Waals surface area contributed by atoms with Crippen LogP contribution in [0.25, 0.3) is 0 Å². The van der Waals surface area contributed by atoms with Gasteiger partial charge in [0, 0.05) is 30.5 Å². The molecule has 0 N–H and O–H groups in total. The molecule has 4 rings (SSSR count). The Labute approximate surface area is 172 Å². The van der Waals surface area contributed by atoms with Crippen LogP contribution in [0.2, 0.25) is 0 Å². The van der Waals surface area contributed by atoms with Gasteiger partial charge in [-0.3, -0.25) is 9.48 Å². The Bertz CT molecular complexity index is 889. The second-order valence-electron chi connectivity index (χ2n) is 9.03. The number of anilines is 1. The molecule has 6 heteroatoms. The number of amides is 1. The lowest BCUT2D eigenvalue weighted by Gasteiger charge is -2.42. The first-order chi connectivity index (χ1) is 13.8. The Morgan fingerprint density at radius 2 is 1.97 bits per heavy atom. The monoisotopic (exact) mass is 398 g/mol. The number of hydrogen-bond donors (Lipinski definition) is 0. The smallest absolute Gasteiger partial charge is 0.257 e. The van der Waals surface area contributed by atoms with Crippen LogP contribution in [0, 0.1) is 12.7 Å². The highest BCUT2D eigenvalue weighted by Gasteiger charge is 2.50. The summed E-state index contributed by atoms with van der Waals surface area (Å²) in [6.45, 7) is 10.1. The van der Waals surface area contributed by atoms with Gasteiger partial charge in [-0.15, -0.1) is 0 Å². The average molecular weight is 399 g/mol. The Morgan fingerprint density at radius 1 is 1.24 bits per heavy atom. The lowest BCUT2D eigenvalue weighted by Crippen LogP contribution is -2.53. The van der Waals surface area contributed by atoms with E-state index in [1.165, 1.54) is 12.1 Å². The molecule has 156 valence electrons. The zero-order chi connectivity index (χ0) is 20.8. The topological polar surface area (TPSA) is 41.4 Å². The van der Waals surface area contributed by atoms with Crippen LogP contribution in [-0.2, 0) is 6.54 Å². The van der Waals surface area contributed by atoms with E-state index in [4.69, 9.17) is 0 Å². The van der Waals surface area contributed by atoms with Crippen molar-refractivity contribution < 1.29 is 9.18 Å². The number of fused-ring (bicyclic) bond motifs is 1. The summed E-state index contributed by atoms with van der Waals surface area (Å²) >= 11 is 0. The summed E-state index contributed by atoms with van der Waals surface area (Å²) in [7, 11) is 0. The molecule has 29 heavy (non-hydrogen) atoms. The number of aryl methyl sites for hydroxylation is 2. The van der Waals surface area contributed by atoms with Crippen molar-refractivity contribution in [2.24, 2.45) is 0 Å². The van der Waals surface area contributed by atoms with Crippen LogP contribution in [-0.4, -0.2) is 44.8 Å². The Hall–Kier alpha value is -2.37. The summed E-state index contributed by atoms with van der Waals surface area (Å²) in [5.41, 5.74) is 2.46. The molecule has 1 aromatic heterocycles. The summed E-state index contributed by atoms with van der Waals surface area (Å²) in [5, 5.41) is 4.52. The summed E-state index contributed by atoms with van der Waals surface area (Å²) < 4.78 is 15.4. The van der Waals surface area contributed by atoms with Crippen molar-refractivity contribution in [2.45, 2.75) is 77.5 Å². The predicted octanol–water partition coefficient (Wildman–Crippen LogP) is 4.40. The Kier molecular flexibility index (Phi) is 5.13. The van der Waals surface area contributed by atoms with Crippen molar-refractivity contribution in [2.75, 3.05) is 11.4 Å². The van der Waals surface area contributed by atoms with Gasteiger partial charge >= 0.3 is 0 Å². The minimum Gasteiger partial charge on any atom is -0.361 e. The number of benzene rings is 1. The van der Waals surface area contributed by atoms with E-state index in [0.717, 1.165) is 55.7 Å². The molecule has 2 aromatic rings. The van der Waals surface area contributed by atoms with E-state index >= 15 is 0 Å². The first kappa shape index (κ1) is 19.9. The quantitative estimate of drug-likeness (QED) is 0.766. The lowest BCUT2D eigenvalue weighted by atomic mass is 9.93. The normalized spacial score (nSPS) is 23.3. The molecule has 2 aliphatic heterocycles. The number of aromatic nitrogens is 2. The predicted molar refractivity (Wildman–Crippen MR) is 113 cm³/mol. The number of likely N-dealkylation sites (tertiary alicyclic amines) is 1. The van der Waals surface area contributed by atoms with Crippen LogP contribution in [0.3, 0.4) is 0 Å². The summed E-state index contributed by atoms with van der Waals surface area (Å²) in [6, 6.07) is 7.17. The maximum Gasteiger partial charge on any atom is 0.257 e. The molecular weight excluding hydrogens is 367 g/mol. The third-order valence-corrected chi connectivity index (χ3v) is 6.43. The molecule has 0 saturated carbocycles. The van der Waals surface area contributed by atoms with Gasteiger partial charge in [-0.2, -0.15) is 5.10 Å². The maximum atomic E-state index is 13.5. The minimum absolute atomic E-state index is 0.0938. The van der Waals surface area contributed by atoms with Gasteiger partial charge in [0.25, 0.3) is 5.91 Å². The van der Waals surface area contributed by atoms with E-state index in [1.807, 2.05) is 29.9 Å². The van der Waals surface area contributed by atoms with E-state index < -0.39 is 0 Å². The van der Waals surface area contributed by atoms with Gasteiger partial charge in [-0.1, -0.05) is 6.92 Å². The number of nitrogens with zero attached hydrogens (tertiary/aromatic N) is 4. The number of carbonyl (C=O) groups excluding carboxylic acids is 1. The number of hydrogen-bond acceptors (Lipinski definition) is 3. The van der Waals surface area contributed by atoms with Gasteiger partial charge < -0.3 is 9.80 Å². The fourth-order valence-electron chi connectivity index (χ4n) is 5.26. The zero-order valence-corrected chi connectivity index (χ0v) is 17.9. The van der Waals surface area contributed by atoms with Crippen LogP contribution >= 0.6 is 0 Å². The van der Waals surface area contributed by atoms with Gasteiger partial charge in [0.05, 0.1) is 23.3 Å². The Morgan fingerprint density at radius 3 is 2.66 bits per heavy atom. The fraction of sp³-hybridized carbons (Fsp3) is 0.565. The van der Waals surface area contributed by atoms with Crippen LogP contribution in [0.5, 0.6) is 0 Å². The maximum absolute atomic E-state index is 13.5. The molecular formula is C23H31FN4O. The van der Waals surface area contributed by atoms with E-state index in [2.05, 4.69) is 35.7 Å². The van der Waals surface area contributed by atoms with Crippen LogP contribution in [0.15, 0.2) is 30.5 Å². The zero-order valence-electron chi connectivity index (χ0n) is 17.9. The summed E-state index contributed by atoms with van der Waals surface area (Å²) in [4.78, 5) is 18.0. The number of rotatable bonds is 4. The molecule has 3 heterocycles. The largest absolute Gasteiger partial charge is 0.361 e.